The second-order valence-electron chi connectivity index (χ2n) is 5.14. The van der Waals surface area contributed by atoms with Gasteiger partial charge in [-0.2, -0.15) is 0 Å². The van der Waals surface area contributed by atoms with Crippen LogP contribution in [0.3, 0.4) is 0 Å². The van der Waals surface area contributed by atoms with Gasteiger partial charge >= 0.3 is 0 Å². The van der Waals surface area contributed by atoms with Crippen LogP contribution in [0, 0.1) is 10.8 Å². The van der Waals surface area contributed by atoms with Crippen LogP contribution in [-0.2, 0) is 0 Å². The lowest BCUT2D eigenvalue weighted by molar-refractivity contribution is -0.285. The second-order valence-corrected chi connectivity index (χ2v) is 5.14. The Balaban J connectivity index is 4.95. The molecule has 0 aromatic carbocycles. The summed E-state index contributed by atoms with van der Waals surface area (Å²) in [6, 6.07) is 0. The largest absolute Gasteiger partial charge is 0.365 e. The molecule has 0 radical (unpaired) electrons. The van der Waals surface area contributed by atoms with Crippen LogP contribution < -0.4 is 0 Å². The lowest BCUT2D eigenvalue weighted by Crippen LogP contribution is -2.52. The molecule has 0 bridgehead atoms. The van der Waals surface area contributed by atoms with E-state index in [4.69, 9.17) is 1.43 Å². The van der Waals surface area contributed by atoms with E-state index in [1.807, 2.05) is 41.5 Å². The van der Waals surface area contributed by atoms with Crippen LogP contribution in [-0.4, -0.2) is 17.4 Å². The molecule has 0 aliphatic carbocycles. The van der Waals surface area contributed by atoms with E-state index < -0.39 is 16.6 Å². The summed E-state index contributed by atoms with van der Waals surface area (Å²) in [6.45, 7) is 11.1. The standard InChI is InChI=1S/C9H20O2/c1-7(2,3)9(10,11)8(4,5)6/h10-11H,1-6H3/i10T. The third kappa shape index (κ3) is 1.94. The zero-order valence-corrected chi connectivity index (χ0v) is 8.36. The molecule has 0 amide bonds. The highest BCUT2D eigenvalue weighted by molar-refractivity contribution is 4.89. The minimum absolute atomic E-state index is 0.465. The molecule has 2 heteroatoms. The van der Waals surface area contributed by atoms with Gasteiger partial charge in [0.25, 0.3) is 0 Å². The van der Waals surface area contributed by atoms with Crippen LogP contribution in [0.25, 0.3) is 0 Å². The van der Waals surface area contributed by atoms with Crippen molar-refractivity contribution in [1.29, 1.82) is 1.43 Å². The fraction of sp³-hybridized carbons (Fsp3) is 1.00. The van der Waals surface area contributed by atoms with E-state index >= 15 is 0 Å². The Hall–Kier alpha value is -0.0800. The third-order valence-corrected chi connectivity index (χ3v) is 2.03. The van der Waals surface area contributed by atoms with E-state index in [-0.39, 0.29) is 0 Å². The number of hydrogen-bond donors (Lipinski definition) is 2. The Labute approximate surface area is 70.7 Å². The van der Waals surface area contributed by atoms with E-state index in [0.29, 0.717) is 0 Å². The molecule has 0 fully saturated rings. The highest BCUT2D eigenvalue weighted by atomic mass is 16.5. The maximum atomic E-state index is 10.1. The van der Waals surface area contributed by atoms with Gasteiger partial charge < -0.3 is 10.2 Å². The van der Waals surface area contributed by atoms with Gasteiger partial charge in [0.15, 0.2) is 5.79 Å². The summed E-state index contributed by atoms with van der Waals surface area (Å²) in [6.07, 6.45) is 0. The minimum Gasteiger partial charge on any atom is -0.365 e. The molecule has 0 aromatic rings. The number of rotatable bonds is 1. The lowest BCUT2D eigenvalue weighted by Gasteiger charge is -2.44. The van der Waals surface area contributed by atoms with Gasteiger partial charge in [-0.05, 0) is 0 Å². The molecule has 0 aliphatic heterocycles. The monoisotopic (exact) mass is 162 g/mol. The van der Waals surface area contributed by atoms with E-state index in [9.17, 15) is 5.11 Å². The summed E-state index contributed by atoms with van der Waals surface area (Å²) in [5.41, 5.74) is -0.931. The molecule has 11 heavy (non-hydrogen) atoms. The van der Waals surface area contributed by atoms with Crippen molar-refractivity contribution < 1.29 is 10.2 Å². The van der Waals surface area contributed by atoms with Crippen LogP contribution in [0.1, 0.15) is 41.5 Å². The van der Waals surface area contributed by atoms with Gasteiger partial charge in [-0.3, -0.25) is 0 Å². The van der Waals surface area contributed by atoms with Gasteiger partial charge in [0, 0.05) is 10.8 Å². The van der Waals surface area contributed by atoms with Gasteiger partial charge in [-0.1, -0.05) is 41.5 Å². The molecule has 0 aliphatic rings. The molecule has 0 rings (SSSR count). The predicted octanol–water partition coefficient (Wildman–Crippen LogP) is 1.76. The molecule has 0 saturated heterocycles. The van der Waals surface area contributed by atoms with Crippen LogP contribution in [0.2, 0.25) is 0 Å². The normalized spacial score (nSPS) is 16.5. The van der Waals surface area contributed by atoms with Crippen molar-refractivity contribution >= 4 is 0 Å². The Morgan fingerprint density at radius 3 is 1.18 bits per heavy atom. The first-order valence-corrected chi connectivity index (χ1v) is 3.93. The Morgan fingerprint density at radius 2 is 1.18 bits per heavy atom. The summed E-state index contributed by atoms with van der Waals surface area (Å²) in [5.74, 6) is -1.42. The van der Waals surface area contributed by atoms with Crippen LogP contribution in [0.5, 0.6) is 0 Å². The van der Waals surface area contributed by atoms with Crippen molar-refractivity contribution in [2.75, 3.05) is 0 Å². The molecule has 0 saturated carbocycles. The van der Waals surface area contributed by atoms with Gasteiger partial charge in [0.1, 0.15) is 0 Å². The predicted molar refractivity (Wildman–Crippen MR) is 46.1 cm³/mol. The van der Waals surface area contributed by atoms with Crippen LogP contribution in [0.15, 0.2) is 0 Å². The molecule has 0 aromatic heterocycles. The van der Waals surface area contributed by atoms with Crippen molar-refractivity contribution in [2.45, 2.75) is 47.3 Å². The van der Waals surface area contributed by atoms with Crippen molar-refractivity contribution in [2.24, 2.45) is 10.8 Å². The average molecular weight is 162 g/mol. The summed E-state index contributed by atoms with van der Waals surface area (Å²) in [5, 5.41) is 14.6. The summed E-state index contributed by atoms with van der Waals surface area (Å²) < 4.78 is 6.92. The van der Waals surface area contributed by atoms with Crippen LogP contribution in [0.4, 0.5) is 0 Å². The van der Waals surface area contributed by atoms with Gasteiger partial charge in [-0.25, -0.2) is 0 Å². The van der Waals surface area contributed by atoms with Crippen molar-refractivity contribution in [1.82, 2.24) is 0 Å². The molecule has 0 unspecified atom stereocenters. The first-order chi connectivity index (χ1) is 5.06. The van der Waals surface area contributed by atoms with Crippen molar-refractivity contribution in [3.05, 3.63) is 0 Å². The zero-order chi connectivity index (χ0) is 10.2. The maximum Gasteiger partial charge on any atom is 0.214 e. The van der Waals surface area contributed by atoms with Gasteiger partial charge in [0.05, 0.1) is 0 Å². The van der Waals surface area contributed by atoms with E-state index in [1.54, 1.807) is 0 Å². The lowest BCUT2D eigenvalue weighted by atomic mass is 9.71. The molecule has 2 nitrogen and oxygen atoms in total. The van der Waals surface area contributed by atoms with E-state index in [1.165, 1.54) is 0 Å². The van der Waals surface area contributed by atoms with Gasteiger partial charge in [-0.15, -0.1) is 0 Å². The van der Waals surface area contributed by atoms with Gasteiger partial charge in [0.2, 0.25) is 1.43 Å². The Bertz CT molecular complexity index is 139. The second kappa shape index (κ2) is 2.46. The molecular formula is C9H20O2. The molecule has 2 N–H and O–H groups in total. The first kappa shape index (κ1) is 9.01. The number of aliphatic hydroxyl groups is 2. The third-order valence-electron chi connectivity index (χ3n) is 2.03. The molecule has 68 valence electrons. The van der Waals surface area contributed by atoms with Crippen molar-refractivity contribution in [3.63, 3.8) is 0 Å². The fourth-order valence-electron chi connectivity index (χ4n) is 1.12. The quantitative estimate of drug-likeness (QED) is 0.577. The highest BCUT2D eigenvalue weighted by Gasteiger charge is 2.47. The minimum atomic E-state index is -1.42. The van der Waals surface area contributed by atoms with Crippen LogP contribution >= 0.6 is 0 Å². The number of hydrogen-bond acceptors (Lipinski definition) is 2. The molecule has 0 spiro atoms. The van der Waals surface area contributed by atoms with E-state index in [0.717, 1.165) is 0 Å². The highest BCUT2D eigenvalue weighted by Crippen LogP contribution is 2.41. The molecule has 0 heterocycles. The zero-order valence-electron chi connectivity index (χ0n) is 9.36. The SMILES string of the molecule is [3H]OC(O)(C(C)(C)C)C(C)(C)C. The Morgan fingerprint density at radius 1 is 0.909 bits per heavy atom. The van der Waals surface area contributed by atoms with Crippen molar-refractivity contribution in [3.8, 4) is 0 Å². The topological polar surface area (TPSA) is 40.5 Å². The Kier molecular flexibility index (Phi) is 2.01. The maximum absolute atomic E-state index is 10.1. The molecular weight excluding hydrogens is 140 g/mol. The average Bonchev–Trinajstić information content (AvgIpc) is 1.81. The summed E-state index contributed by atoms with van der Waals surface area (Å²) >= 11 is 0. The fourth-order valence-corrected chi connectivity index (χ4v) is 1.12. The molecule has 0 atom stereocenters. The smallest absolute Gasteiger partial charge is 0.214 e. The first-order valence-electron chi connectivity index (χ1n) is 4.34. The summed E-state index contributed by atoms with van der Waals surface area (Å²) in [4.78, 5) is 0. The summed E-state index contributed by atoms with van der Waals surface area (Å²) in [7, 11) is 0. The van der Waals surface area contributed by atoms with E-state index in [2.05, 4.69) is 5.11 Å².